The van der Waals surface area contributed by atoms with Gasteiger partial charge in [-0.05, 0) is 58.0 Å². The fraction of sp³-hybridized carbons (Fsp3) is 0.364. The SMILES string of the molecule is CCN(CC)C(=O)c1cccc(NCC(=O)Nc2cccc(OC(C)C)c2)c1. The number of ether oxygens (including phenoxy) is 1. The lowest BCUT2D eigenvalue weighted by atomic mass is 10.1. The van der Waals surface area contributed by atoms with Crippen molar-refractivity contribution in [1.29, 1.82) is 0 Å². The van der Waals surface area contributed by atoms with Gasteiger partial charge in [0.2, 0.25) is 5.91 Å². The topological polar surface area (TPSA) is 70.7 Å². The molecule has 0 spiro atoms. The van der Waals surface area contributed by atoms with E-state index in [1.807, 2.05) is 58.0 Å². The third-order valence-electron chi connectivity index (χ3n) is 4.10. The number of hydrogen-bond acceptors (Lipinski definition) is 4. The Hall–Kier alpha value is -3.02. The van der Waals surface area contributed by atoms with Gasteiger partial charge in [0.1, 0.15) is 5.75 Å². The molecule has 150 valence electrons. The Bertz CT molecular complexity index is 801. The number of hydrogen-bond donors (Lipinski definition) is 2. The number of carbonyl (C=O) groups excluding carboxylic acids is 2. The summed E-state index contributed by atoms with van der Waals surface area (Å²) in [6.07, 6.45) is 0.0685. The summed E-state index contributed by atoms with van der Waals surface area (Å²) in [6.45, 7) is 9.23. The second-order valence-corrected chi connectivity index (χ2v) is 6.65. The van der Waals surface area contributed by atoms with E-state index in [2.05, 4.69) is 10.6 Å². The van der Waals surface area contributed by atoms with Crippen molar-refractivity contribution in [3.63, 3.8) is 0 Å². The van der Waals surface area contributed by atoms with Crippen LogP contribution in [0.4, 0.5) is 11.4 Å². The molecule has 0 heterocycles. The summed E-state index contributed by atoms with van der Waals surface area (Å²) in [5.41, 5.74) is 2.01. The summed E-state index contributed by atoms with van der Waals surface area (Å²) in [4.78, 5) is 26.5. The molecule has 2 aromatic carbocycles. The maximum atomic E-state index is 12.5. The molecule has 0 saturated heterocycles. The van der Waals surface area contributed by atoms with Crippen molar-refractivity contribution in [2.24, 2.45) is 0 Å². The summed E-state index contributed by atoms with van der Waals surface area (Å²) in [5, 5.41) is 5.91. The van der Waals surface area contributed by atoms with E-state index in [1.54, 1.807) is 23.1 Å². The Kier molecular flexibility index (Phi) is 7.87. The van der Waals surface area contributed by atoms with Gasteiger partial charge < -0.3 is 20.3 Å². The first kappa shape index (κ1) is 21.3. The van der Waals surface area contributed by atoms with Crippen molar-refractivity contribution in [2.45, 2.75) is 33.8 Å². The van der Waals surface area contributed by atoms with E-state index >= 15 is 0 Å². The molecule has 0 unspecified atom stereocenters. The van der Waals surface area contributed by atoms with Gasteiger partial charge in [-0.1, -0.05) is 12.1 Å². The molecule has 0 saturated carbocycles. The highest BCUT2D eigenvalue weighted by molar-refractivity contribution is 5.96. The number of carbonyl (C=O) groups is 2. The highest BCUT2D eigenvalue weighted by Crippen LogP contribution is 2.18. The number of amides is 2. The van der Waals surface area contributed by atoms with Crippen LogP contribution in [0, 0.1) is 0 Å². The zero-order valence-corrected chi connectivity index (χ0v) is 17.0. The van der Waals surface area contributed by atoms with E-state index in [4.69, 9.17) is 4.74 Å². The van der Waals surface area contributed by atoms with E-state index < -0.39 is 0 Å². The van der Waals surface area contributed by atoms with Crippen LogP contribution in [0.25, 0.3) is 0 Å². The molecule has 0 aliphatic heterocycles. The predicted molar refractivity (Wildman–Crippen MR) is 113 cm³/mol. The lowest BCUT2D eigenvalue weighted by Crippen LogP contribution is -2.30. The van der Waals surface area contributed by atoms with Crippen LogP contribution in [0.2, 0.25) is 0 Å². The zero-order valence-electron chi connectivity index (χ0n) is 17.0. The van der Waals surface area contributed by atoms with E-state index in [0.717, 1.165) is 5.69 Å². The second kappa shape index (κ2) is 10.3. The number of rotatable bonds is 9. The molecule has 2 aromatic rings. The van der Waals surface area contributed by atoms with E-state index in [-0.39, 0.29) is 24.5 Å². The monoisotopic (exact) mass is 383 g/mol. The van der Waals surface area contributed by atoms with Crippen LogP contribution in [0.5, 0.6) is 5.75 Å². The van der Waals surface area contributed by atoms with Crippen LogP contribution < -0.4 is 15.4 Å². The van der Waals surface area contributed by atoms with Crippen LogP contribution in [0.3, 0.4) is 0 Å². The van der Waals surface area contributed by atoms with Gasteiger partial charge in [-0.3, -0.25) is 9.59 Å². The number of benzene rings is 2. The molecular formula is C22H29N3O3. The Labute approximate surface area is 166 Å². The minimum atomic E-state index is -0.179. The average molecular weight is 383 g/mol. The van der Waals surface area contributed by atoms with Crippen molar-refractivity contribution in [3.8, 4) is 5.75 Å². The minimum Gasteiger partial charge on any atom is -0.491 e. The zero-order chi connectivity index (χ0) is 20.5. The summed E-state index contributed by atoms with van der Waals surface area (Å²) in [6, 6.07) is 14.5. The van der Waals surface area contributed by atoms with Crippen LogP contribution >= 0.6 is 0 Å². The highest BCUT2D eigenvalue weighted by atomic mass is 16.5. The van der Waals surface area contributed by atoms with Gasteiger partial charge >= 0.3 is 0 Å². The van der Waals surface area contributed by atoms with Crippen molar-refractivity contribution >= 4 is 23.2 Å². The molecular weight excluding hydrogens is 354 g/mol. The lowest BCUT2D eigenvalue weighted by Gasteiger charge is -2.19. The molecule has 0 aromatic heterocycles. The third-order valence-corrected chi connectivity index (χ3v) is 4.10. The number of nitrogens with zero attached hydrogens (tertiary/aromatic N) is 1. The molecule has 0 radical (unpaired) electrons. The van der Waals surface area contributed by atoms with Gasteiger partial charge in [-0.15, -0.1) is 0 Å². The Balaban J connectivity index is 1.94. The number of anilines is 2. The molecule has 28 heavy (non-hydrogen) atoms. The maximum Gasteiger partial charge on any atom is 0.253 e. The molecule has 6 nitrogen and oxygen atoms in total. The summed E-state index contributed by atoms with van der Waals surface area (Å²) < 4.78 is 5.64. The fourth-order valence-corrected chi connectivity index (χ4v) is 2.76. The van der Waals surface area contributed by atoms with Crippen LogP contribution in [-0.2, 0) is 4.79 Å². The minimum absolute atomic E-state index is 0.0138. The summed E-state index contributed by atoms with van der Waals surface area (Å²) in [5.74, 6) is 0.519. The predicted octanol–water partition coefficient (Wildman–Crippen LogP) is 4.01. The molecule has 0 fully saturated rings. The smallest absolute Gasteiger partial charge is 0.253 e. The number of nitrogens with one attached hydrogen (secondary N) is 2. The van der Waals surface area contributed by atoms with Crippen LogP contribution in [0.1, 0.15) is 38.1 Å². The molecule has 2 rings (SSSR count). The van der Waals surface area contributed by atoms with Crippen LogP contribution in [-0.4, -0.2) is 42.5 Å². The Morgan fingerprint density at radius 1 is 1.00 bits per heavy atom. The van der Waals surface area contributed by atoms with Gasteiger partial charge in [0.25, 0.3) is 5.91 Å². The fourth-order valence-electron chi connectivity index (χ4n) is 2.76. The maximum absolute atomic E-state index is 12.5. The van der Waals surface area contributed by atoms with Crippen molar-refractivity contribution in [1.82, 2.24) is 4.90 Å². The first-order valence-corrected chi connectivity index (χ1v) is 9.62. The summed E-state index contributed by atoms with van der Waals surface area (Å²) >= 11 is 0. The lowest BCUT2D eigenvalue weighted by molar-refractivity contribution is -0.114. The highest BCUT2D eigenvalue weighted by Gasteiger charge is 2.13. The van der Waals surface area contributed by atoms with Crippen molar-refractivity contribution in [3.05, 3.63) is 54.1 Å². The van der Waals surface area contributed by atoms with Gasteiger partial charge in [-0.2, -0.15) is 0 Å². The first-order chi connectivity index (χ1) is 13.4. The van der Waals surface area contributed by atoms with Gasteiger partial charge in [-0.25, -0.2) is 0 Å². The Morgan fingerprint density at radius 3 is 2.36 bits per heavy atom. The largest absolute Gasteiger partial charge is 0.491 e. The molecule has 0 aliphatic rings. The van der Waals surface area contributed by atoms with E-state index in [0.29, 0.717) is 30.1 Å². The molecule has 6 heteroatoms. The molecule has 0 atom stereocenters. The summed E-state index contributed by atoms with van der Waals surface area (Å²) in [7, 11) is 0. The van der Waals surface area contributed by atoms with Crippen molar-refractivity contribution in [2.75, 3.05) is 30.3 Å². The second-order valence-electron chi connectivity index (χ2n) is 6.65. The third kappa shape index (κ3) is 6.30. The van der Waals surface area contributed by atoms with Gasteiger partial charge in [0.15, 0.2) is 0 Å². The Morgan fingerprint density at radius 2 is 1.68 bits per heavy atom. The quantitative estimate of drug-likeness (QED) is 0.686. The molecule has 0 bridgehead atoms. The van der Waals surface area contributed by atoms with E-state index in [9.17, 15) is 9.59 Å². The standard InChI is InChI=1S/C22H29N3O3/c1-5-25(6-2)22(27)17-9-7-10-18(13-17)23-15-21(26)24-19-11-8-12-20(14-19)28-16(3)4/h7-14,16,23H,5-6,15H2,1-4H3,(H,24,26). The van der Waals surface area contributed by atoms with Gasteiger partial charge in [0, 0.05) is 36.1 Å². The normalized spacial score (nSPS) is 10.5. The van der Waals surface area contributed by atoms with Gasteiger partial charge in [0.05, 0.1) is 12.6 Å². The molecule has 2 N–H and O–H groups in total. The van der Waals surface area contributed by atoms with Crippen LogP contribution in [0.15, 0.2) is 48.5 Å². The molecule has 2 amide bonds. The van der Waals surface area contributed by atoms with E-state index in [1.165, 1.54) is 0 Å². The average Bonchev–Trinajstić information content (AvgIpc) is 2.67. The first-order valence-electron chi connectivity index (χ1n) is 9.62. The van der Waals surface area contributed by atoms with Crippen molar-refractivity contribution < 1.29 is 14.3 Å². The molecule has 0 aliphatic carbocycles.